The van der Waals surface area contributed by atoms with E-state index < -0.39 is 5.41 Å². The zero-order valence-electron chi connectivity index (χ0n) is 17.3. The number of fused-ring (bicyclic) bond motifs is 2. The molecule has 0 aliphatic carbocycles. The largest absolute Gasteiger partial charge is 0.497 e. The van der Waals surface area contributed by atoms with Crippen LogP contribution < -0.4 is 9.47 Å². The quantitative estimate of drug-likeness (QED) is 0.286. The number of hydrogen-bond acceptors (Lipinski definition) is 3. The molecule has 148 valence electrons. The molecular formula is C26H26O3. The van der Waals surface area contributed by atoms with Crippen molar-refractivity contribution in [2.45, 2.75) is 20.8 Å². The molecule has 4 aromatic rings. The third-order valence-electron chi connectivity index (χ3n) is 4.50. The normalized spacial score (nSPS) is 10.9. The fraction of sp³-hybridized carbons (Fsp3) is 0.192. The van der Waals surface area contributed by atoms with Crippen molar-refractivity contribution in [3.05, 3.63) is 84.9 Å². The maximum absolute atomic E-state index is 11.7. The molecular weight excluding hydrogens is 360 g/mol. The van der Waals surface area contributed by atoms with E-state index >= 15 is 0 Å². The molecule has 0 aromatic heterocycles. The van der Waals surface area contributed by atoms with Crippen LogP contribution in [0.3, 0.4) is 0 Å². The molecule has 0 N–H and O–H groups in total. The van der Waals surface area contributed by atoms with E-state index in [-0.39, 0.29) is 5.97 Å². The number of esters is 1. The number of carbonyl (C=O) groups is 1. The van der Waals surface area contributed by atoms with Gasteiger partial charge in [-0.05, 0) is 66.6 Å². The molecule has 29 heavy (non-hydrogen) atoms. The Hall–Kier alpha value is -3.33. The number of carbonyl (C=O) groups excluding carboxylic acids is 1. The second kappa shape index (κ2) is 8.78. The molecule has 3 heteroatoms. The first-order valence-electron chi connectivity index (χ1n) is 9.61. The summed E-state index contributed by atoms with van der Waals surface area (Å²) in [5.74, 6) is 1.30. The summed E-state index contributed by atoms with van der Waals surface area (Å²) in [4.78, 5) is 11.7. The molecule has 0 unspecified atom stereocenters. The first-order valence-corrected chi connectivity index (χ1v) is 9.61. The number of hydrogen-bond donors (Lipinski definition) is 0. The van der Waals surface area contributed by atoms with Gasteiger partial charge in [0.25, 0.3) is 0 Å². The highest BCUT2D eigenvalue weighted by molar-refractivity contribution is 5.85. The van der Waals surface area contributed by atoms with Gasteiger partial charge in [0.15, 0.2) is 0 Å². The van der Waals surface area contributed by atoms with Gasteiger partial charge in [0.2, 0.25) is 0 Å². The predicted octanol–water partition coefficient (Wildman–Crippen LogP) is 6.64. The van der Waals surface area contributed by atoms with Crippen molar-refractivity contribution < 1.29 is 14.3 Å². The van der Waals surface area contributed by atoms with Gasteiger partial charge in [-0.1, -0.05) is 60.7 Å². The lowest BCUT2D eigenvalue weighted by Crippen LogP contribution is -2.25. The Balaban J connectivity index is 0.000000176. The summed E-state index contributed by atoms with van der Waals surface area (Å²) in [6.45, 7) is 5.53. The van der Waals surface area contributed by atoms with Gasteiger partial charge in [0.1, 0.15) is 11.5 Å². The molecule has 0 heterocycles. The lowest BCUT2D eigenvalue weighted by atomic mass is 9.97. The zero-order valence-corrected chi connectivity index (χ0v) is 17.3. The molecule has 0 saturated carbocycles. The van der Waals surface area contributed by atoms with Crippen LogP contribution in [0.15, 0.2) is 84.9 Å². The van der Waals surface area contributed by atoms with Crippen molar-refractivity contribution >= 4 is 27.5 Å². The van der Waals surface area contributed by atoms with E-state index in [1.54, 1.807) is 7.11 Å². The molecule has 0 fully saturated rings. The fourth-order valence-electron chi connectivity index (χ4n) is 2.79. The average Bonchev–Trinajstić information content (AvgIpc) is 2.73. The van der Waals surface area contributed by atoms with E-state index in [9.17, 15) is 4.79 Å². The van der Waals surface area contributed by atoms with Crippen LogP contribution in [0.25, 0.3) is 21.5 Å². The van der Waals surface area contributed by atoms with Crippen LogP contribution in [0.4, 0.5) is 0 Å². The van der Waals surface area contributed by atoms with E-state index in [4.69, 9.17) is 9.47 Å². The minimum Gasteiger partial charge on any atom is -0.497 e. The predicted molar refractivity (Wildman–Crippen MR) is 120 cm³/mol. The molecule has 0 aliphatic rings. The van der Waals surface area contributed by atoms with Gasteiger partial charge in [0.05, 0.1) is 12.5 Å². The minimum atomic E-state index is -0.481. The molecule has 0 bridgehead atoms. The Morgan fingerprint density at radius 1 is 0.655 bits per heavy atom. The third-order valence-corrected chi connectivity index (χ3v) is 4.50. The van der Waals surface area contributed by atoms with Crippen molar-refractivity contribution in [3.8, 4) is 11.5 Å². The SMILES string of the molecule is CC(C)(C)C(=O)Oc1ccc2ccccc2c1.COc1ccc2ccccc2c1. The maximum atomic E-state index is 11.7. The van der Waals surface area contributed by atoms with Gasteiger partial charge in [-0.3, -0.25) is 4.79 Å². The first kappa shape index (κ1) is 20.4. The van der Waals surface area contributed by atoms with Crippen molar-refractivity contribution in [1.82, 2.24) is 0 Å². The molecule has 0 atom stereocenters. The summed E-state index contributed by atoms with van der Waals surface area (Å²) in [5.41, 5.74) is -0.481. The lowest BCUT2D eigenvalue weighted by molar-refractivity contribution is -0.142. The molecule has 4 aromatic carbocycles. The van der Waals surface area contributed by atoms with E-state index in [1.807, 2.05) is 87.5 Å². The van der Waals surface area contributed by atoms with Crippen LogP contribution in [-0.2, 0) is 4.79 Å². The maximum Gasteiger partial charge on any atom is 0.316 e. The van der Waals surface area contributed by atoms with Crippen LogP contribution in [0, 0.1) is 5.41 Å². The van der Waals surface area contributed by atoms with E-state index in [0.717, 1.165) is 16.5 Å². The molecule has 0 radical (unpaired) electrons. The van der Waals surface area contributed by atoms with Gasteiger partial charge in [0, 0.05) is 0 Å². The second-order valence-corrected chi connectivity index (χ2v) is 7.86. The number of methoxy groups -OCH3 is 1. The van der Waals surface area contributed by atoms with Gasteiger partial charge in [-0.25, -0.2) is 0 Å². The Morgan fingerprint density at radius 3 is 1.59 bits per heavy atom. The highest BCUT2D eigenvalue weighted by Crippen LogP contribution is 2.23. The fourth-order valence-corrected chi connectivity index (χ4v) is 2.79. The van der Waals surface area contributed by atoms with Crippen LogP contribution in [0.2, 0.25) is 0 Å². The zero-order chi connectivity index (χ0) is 20.9. The van der Waals surface area contributed by atoms with Crippen LogP contribution in [0.5, 0.6) is 11.5 Å². The van der Waals surface area contributed by atoms with Crippen molar-refractivity contribution in [3.63, 3.8) is 0 Å². The summed E-state index contributed by atoms with van der Waals surface area (Å²) < 4.78 is 10.5. The molecule has 0 spiro atoms. The number of ether oxygens (including phenoxy) is 2. The van der Waals surface area contributed by atoms with Gasteiger partial charge in [-0.15, -0.1) is 0 Å². The lowest BCUT2D eigenvalue weighted by Gasteiger charge is -2.16. The van der Waals surface area contributed by atoms with Crippen LogP contribution in [-0.4, -0.2) is 13.1 Å². The molecule has 3 nitrogen and oxygen atoms in total. The van der Waals surface area contributed by atoms with Gasteiger partial charge >= 0.3 is 5.97 Å². The Kier molecular flexibility index (Phi) is 6.18. The molecule has 0 saturated heterocycles. The summed E-state index contributed by atoms with van der Waals surface area (Å²) in [5, 5.41) is 4.69. The van der Waals surface area contributed by atoms with Crippen LogP contribution in [0.1, 0.15) is 20.8 Å². The third kappa shape index (κ3) is 5.35. The van der Waals surface area contributed by atoms with Gasteiger partial charge < -0.3 is 9.47 Å². The summed E-state index contributed by atoms with van der Waals surface area (Å²) in [7, 11) is 1.68. The summed E-state index contributed by atoms with van der Waals surface area (Å²) >= 11 is 0. The monoisotopic (exact) mass is 386 g/mol. The molecule has 0 aliphatic heterocycles. The molecule has 4 rings (SSSR count). The molecule has 0 amide bonds. The minimum absolute atomic E-state index is 0.215. The van der Waals surface area contributed by atoms with Crippen molar-refractivity contribution in [2.75, 3.05) is 7.11 Å². The van der Waals surface area contributed by atoms with Crippen molar-refractivity contribution in [2.24, 2.45) is 5.41 Å². The first-order chi connectivity index (χ1) is 13.9. The van der Waals surface area contributed by atoms with E-state index in [1.165, 1.54) is 10.8 Å². The van der Waals surface area contributed by atoms with Crippen molar-refractivity contribution in [1.29, 1.82) is 0 Å². The highest BCUT2D eigenvalue weighted by atomic mass is 16.5. The van der Waals surface area contributed by atoms with E-state index in [0.29, 0.717) is 5.75 Å². The highest BCUT2D eigenvalue weighted by Gasteiger charge is 2.23. The smallest absolute Gasteiger partial charge is 0.316 e. The Morgan fingerprint density at radius 2 is 1.10 bits per heavy atom. The Labute approximate surface area is 171 Å². The number of benzene rings is 4. The van der Waals surface area contributed by atoms with Crippen LogP contribution >= 0.6 is 0 Å². The topological polar surface area (TPSA) is 35.5 Å². The Bertz CT molecular complexity index is 1120. The average molecular weight is 386 g/mol. The summed E-state index contributed by atoms with van der Waals surface area (Å²) in [6.07, 6.45) is 0. The number of rotatable bonds is 2. The van der Waals surface area contributed by atoms with E-state index in [2.05, 4.69) is 18.2 Å². The second-order valence-electron chi connectivity index (χ2n) is 7.86. The van der Waals surface area contributed by atoms with Gasteiger partial charge in [-0.2, -0.15) is 0 Å². The standard InChI is InChI=1S/C15H16O2.C11H10O/c1-15(2,3)14(16)17-13-9-8-11-6-4-5-7-12(11)10-13;1-12-11-7-6-9-4-2-3-5-10(9)8-11/h4-10H,1-3H3;2-8H,1H3. The summed E-state index contributed by atoms with van der Waals surface area (Å²) in [6, 6.07) is 28.0.